The van der Waals surface area contributed by atoms with Gasteiger partial charge in [-0.15, -0.1) is 0 Å². The molecule has 0 aliphatic carbocycles. The van der Waals surface area contributed by atoms with Crippen molar-refractivity contribution in [3.05, 3.63) is 53.4 Å². The first-order valence-electron chi connectivity index (χ1n) is 6.45. The van der Waals surface area contributed by atoms with Crippen LogP contribution < -0.4 is 11.1 Å². The molecular formula is C16H21FN2O. The molecule has 0 heterocycles. The fourth-order valence-electron chi connectivity index (χ4n) is 1.51. The molecule has 0 unspecified atom stereocenters. The Hall–Kier alpha value is -1.94. The van der Waals surface area contributed by atoms with Crippen molar-refractivity contribution in [2.24, 2.45) is 5.73 Å². The molecule has 0 atom stereocenters. The van der Waals surface area contributed by atoms with E-state index in [9.17, 15) is 9.18 Å². The first kappa shape index (κ1) is 16.1. The van der Waals surface area contributed by atoms with Gasteiger partial charge in [0.25, 0.3) is 5.91 Å². The summed E-state index contributed by atoms with van der Waals surface area (Å²) in [5, 5.41) is 2.89. The molecule has 0 bridgehead atoms. The number of nitrogens with two attached hydrogens (primary N) is 1. The lowest BCUT2D eigenvalue weighted by molar-refractivity contribution is 0.0919. The summed E-state index contributed by atoms with van der Waals surface area (Å²) in [7, 11) is 0. The van der Waals surface area contributed by atoms with Gasteiger partial charge < -0.3 is 11.1 Å². The number of rotatable bonds is 4. The number of carbonyl (C=O) groups excluding carboxylic acids is 1. The first-order chi connectivity index (χ1) is 9.35. The monoisotopic (exact) mass is 276 g/mol. The van der Waals surface area contributed by atoms with Crippen molar-refractivity contribution >= 4 is 12.0 Å². The summed E-state index contributed by atoms with van der Waals surface area (Å²) in [6.45, 7) is 5.94. The van der Waals surface area contributed by atoms with Gasteiger partial charge in [-0.05, 0) is 44.0 Å². The van der Waals surface area contributed by atoms with E-state index in [0.717, 1.165) is 5.56 Å². The highest BCUT2D eigenvalue weighted by molar-refractivity contribution is 5.94. The smallest absolute Gasteiger partial charge is 0.251 e. The molecule has 3 N–H and O–H groups in total. The molecule has 3 nitrogen and oxygen atoms in total. The van der Waals surface area contributed by atoms with Crippen LogP contribution in [0.3, 0.4) is 0 Å². The number of amides is 1. The van der Waals surface area contributed by atoms with Crippen LogP contribution in [0.2, 0.25) is 0 Å². The molecular weight excluding hydrogens is 255 g/mol. The van der Waals surface area contributed by atoms with Crippen LogP contribution >= 0.6 is 0 Å². The number of hydrogen-bond acceptors (Lipinski definition) is 2. The van der Waals surface area contributed by atoms with Crippen LogP contribution in [-0.4, -0.2) is 18.0 Å². The van der Waals surface area contributed by atoms with Crippen molar-refractivity contribution in [1.29, 1.82) is 0 Å². The van der Waals surface area contributed by atoms with E-state index in [-0.39, 0.29) is 18.0 Å². The third-order valence-electron chi connectivity index (χ3n) is 2.53. The van der Waals surface area contributed by atoms with Gasteiger partial charge in [-0.25, -0.2) is 4.39 Å². The van der Waals surface area contributed by atoms with Crippen LogP contribution in [0.4, 0.5) is 4.39 Å². The topological polar surface area (TPSA) is 55.1 Å². The lowest BCUT2D eigenvalue weighted by Crippen LogP contribution is -2.40. The Labute approximate surface area is 119 Å². The minimum absolute atomic E-state index is 0.112. The van der Waals surface area contributed by atoms with Crippen LogP contribution in [0.5, 0.6) is 0 Å². The zero-order valence-corrected chi connectivity index (χ0v) is 12.1. The summed E-state index contributed by atoms with van der Waals surface area (Å²) < 4.78 is 12.3. The molecule has 0 saturated carbocycles. The molecule has 0 aliphatic heterocycles. The van der Waals surface area contributed by atoms with Crippen molar-refractivity contribution in [3.8, 4) is 0 Å². The molecule has 20 heavy (non-hydrogen) atoms. The van der Waals surface area contributed by atoms with Crippen LogP contribution in [-0.2, 0) is 0 Å². The molecule has 0 aliphatic rings. The summed E-state index contributed by atoms with van der Waals surface area (Å²) in [5.74, 6) is -0.112. The van der Waals surface area contributed by atoms with Crippen molar-refractivity contribution in [3.63, 3.8) is 0 Å². The Morgan fingerprint density at radius 2 is 1.90 bits per heavy atom. The van der Waals surface area contributed by atoms with Crippen molar-refractivity contribution < 1.29 is 9.18 Å². The Balaban J connectivity index is 2.77. The van der Waals surface area contributed by atoms with Gasteiger partial charge in [0.15, 0.2) is 0 Å². The summed E-state index contributed by atoms with van der Waals surface area (Å²) in [5.41, 5.74) is 6.98. The Morgan fingerprint density at radius 1 is 1.30 bits per heavy atom. The van der Waals surface area contributed by atoms with Gasteiger partial charge in [-0.2, -0.15) is 0 Å². The maximum absolute atomic E-state index is 12.3. The highest BCUT2D eigenvalue weighted by Crippen LogP contribution is 2.09. The van der Waals surface area contributed by atoms with E-state index in [4.69, 9.17) is 5.73 Å². The van der Waals surface area contributed by atoms with Crippen LogP contribution in [0, 0.1) is 0 Å². The second kappa shape index (κ2) is 7.01. The quantitative estimate of drug-likeness (QED) is 0.830. The van der Waals surface area contributed by atoms with E-state index in [1.807, 2.05) is 20.8 Å². The van der Waals surface area contributed by atoms with Gasteiger partial charge in [0.1, 0.15) is 0 Å². The molecule has 4 heteroatoms. The van der Waals surface area contributed by atoms with E-state index in [0.29, 0.717) is 17.5 Å². The average molecular weight is 276 g/mol. The number of carbonyl (C=O) groups is 1. The molecule has 1 amide bonds. The van der Waals surface area contributed by atoms with E-state index < -0.39 is 0 Å². The highest BCUT2D eigenvalue weighted by Gasteiger charge is 2.14. The van der Waals surface area contributed by atoms with Crippen molar-refractivity contribution in [1.82, 2.24) is 5.32 Å². The zero-order chi connectivity index (χ0) is 15.2. The van der Waals surface area contributed by atoms with Gasteiger partial charge in [0, 0.05) is 17.6 Å². The number of hydrogen-bond donors (Lipinski definition) is 2. The molecule has 1 rings (SSSR count). The molecule has 1 aromatic rings. The lowest BCUT2D eigenvalue weighted by atomic mass is 10.1. The molecule has 0 aromatic heterocycles. The predicted molar refractivity (Wildman–Crippen MR) is 80.9 cm³/mol. The van der Waals surface area contributed by atoms with Gasteiger partial charge in [-0.1, -0.05) is 24.3 Å². The maximum Gasteiger partial charge on any atom is 0.251 e. The van der Waals surface area contributed by atoms with Gasteiger partial charge in [0.2, 0.25) is 0 Å². The normalized spacial score (nSPS) is 12.8. The van der Waals surface area contributed by atoms with Crippen molar-refractivity contribution in [2.75, 3.05) is 6.54 Å². The average Bonchev–Trinajstić information content (AvgIpc) is 2.38. The molecule has 1 aromatic carbocycles. The molecule has 0 saturated heterocycles. The van der Waals surface area contributed by atoms with Crippen molar-refractivity contribution in [2.45, 2.75) is 26.3 Å². The molecule has 0 spiro atoms. The summed E-state index contributed by atoms with van der Waals surface area (Å²) >= 11 is 0. The third-order valence-corrected chi connectivity index (χ3v) is 2.53. The van der Waals surface area contributed by atoms with E-state index in [1.54, 1.807) is 36.4 Å². The van der Waals surface area contributed by atoms with Crippen LogP contribution in [0.15, 0.2) is 42.2 Å². The number of benzene rings is 1. The lowest BCUT2D eigenvalue weighted by Gasteiger charge is -2.20. The van der Waals surface area contributed by atoms with Crippen LogP contribution in [0.1, 0.15) is 36.7 Å². The summed E-state index contributed by atoms with van der Waals surface area (Å²) in [6.07, 6.45) is 3.86. The fraction of sp³-hybridized carbons (Fsp3) is 0.312. The Morgan fingerprint density at radius 3 is 2.35 bits per heavy atom. The second-order valence-corrected chi connectivity index (χ2v) is 5.55. The third kappa shape index (κ3) is 5.36. The maximum atomic E-state index is 12.3. The minimum Gasteiger partial charge on any atom is -0.347 e. The SMILES string of the molecule is CC(C)(C)NC(=O)c1ccc(/C=C/C(=C\F)CN)cc1. The van der Waals surface area contributed by atoms with E-state index in [2.05, 4.69) is 5.32 Å². The first-order valence-corrected chi connectivity index (χ1v) is 6.45. The second-order valence-electron chi connectivity index (χ2n) is 5.55. The molecule has 108 valence electrons. The van der Waals surface area contributed by atoms with Gasteiger partial charge >= 0.3 is 0 Å². The summed E-state index contributed by atoms with van der Waals surface area (Å²) in [4.78, 5) is 11.9. The summed E-state index contributed by atoms with van der Waals surface area (Å²) in [6, 6.07) is 7.09. The Bertz CT molecular complexity index is 510. The molecule has 0 radical (unpaired) electrons. The minimum atomic E-state index is -0.266. The highest BCUT2D eigenvalue weighted by atomic mass is 19.1. The standard InChI is InChI=1S/C16H21FN2O/c1-16(2,3)19-15(20)14-8-6-12(7-9-14)4-5-13(10-17)11-18/h4-10H,11,18H2,1-3H3,(H,19,20)/b5-4+,13-10+. The largest absolute Gasteiger partial charge is 0.347 e. The number of halogens is 1. The predicted octanol–water partition coefficient (Wildman–Crippen LogP) is 3.04. The number of nitrogens with one attached hydrogen (secondary N) is 1. The zero-order valence-electron chi connectivity index (χ0n) is 12.1. The van der Waals surface area contributed by atoms with E-state index in [1.165, 1.54) is 0 Å². The fourth-order valence-corrected chi connectivity index (χ4v) is 1.51. The van der Waals surface area contributed by atoms with Crippen LogP contribution in [0.25, 0.3) is 6.08 Å². The molecule has 0 fully saturated rings. The Kier molecular flexibility index (Phi) is 5.65. The van der Waals surface area contributed by atoms with Gasteiger partial charge in [0.05, 0.1) is 6.33 Å². The van der Waals surface area contributed by atoms with E-state index >= 15 is 0 Å². The van der Waals surface area contributed by atoms with Gasteiger partial charge in [-0.3, -0.25) is 4.79 Å².